The Hall–Kier alpha value is -2.65. The van der Waals surface area contributed by atoms with E-state index in [2.05, 4.69) is 78.0 Å². The molecule has 5 rings (SSSR count). The molecule has 0 N–H and O–H groups in total. The smallest absolute Gasteiger partial charge is 0.0607 e. The maximum absolute atomic E-state index is 4.78. The number of aromatic nitrogens is 2. The van der Waals surface area contributed by atoms with Crippen molar-refractivity contribution in [2.24, 2.45) is 7.05 Å². The third-order valence-corrected chi connectivity index (χ3v) is 6.40. The van der Waals surface area contributed by atoms with Gasteiger partial charge in [0.1, 0.15) is 0 Å². The molecule has 3 heteroatoms. The highest BCUT2D eigenvalue weighted by atomic mass is 15.2. The molecule has 0 aliphatic heterocycles. The molecule has 142 valence electrons. The zero-order chi connectivity index (χ0) is 19.1. The van der Waals surface area contributed by atoms with E-state index in [0.717, 1.165) is 19.5 Å². The van der Waals surface area contributed by atoms with Crippen molar-refractivity contribution in [1.29, 1.82) is 0 Å². The van der Waals surface area contributed by atoms with Gasteiger partial charge in [0, 0.05) is 36.1 Å². The van der Waals surface area contributed by atoms with Gasteiger partial charge in [-0.05, 0) is 49.1 Å². The summed E-state index contributed by atoms with van der Waals surface area (Å²) in [5, 5.41) is 2.70. The molecule has 2 aromatic carbocycles. The number of fused-ring (bicyclic) bond motifs is 4. The van der Waals surface area contributed by atoms with Crippen LogP contribution in [-0.2, 0) is 20.0 Å². The van der Waals surface area contributed by atoms with E-state index in [0.29, 0.717) is 6.04 Å². The summed E-state index contributed by atoms with van der Waals surface area (Å²) in [6.07, 6.45) is 5.56. The first kappa shape index (κ1) is 17.4. The molecule has 0 radical (unpaired) electrons. The SMILES string of the molecule is CCN(Cc1cccc2c3ccccc3n(C)c12)[C@H]1CCCc2cccnc21. The minimum Gasteiger partial charge on any atom is -0.343 e. The van der Waals surface area contributed by atoms with Crippen molar-refractivity contribution in [3.63, 3.8) is 0 Å². The van der Waals surface area contributed by atoms with Gasteiger partial charge >= 0.3 is 0 Å². The van der Waals surface area contributed by atoms with Crippen molar-refractivity contribution in [2.75, 3.05) is 6.54 Å². The third-order valence-electron chi connectivity index (χ3n) is 6.40. The Bertz CT molecular complexity index is 1140. The molecule has 0 saturated heterocycles. The lowest BCUT2D eigenvalue weighted by atomic mass is 9.90. The van der Waals surface area contributed by atoms with E-state index in [-0.39, 0.29) is 0 Å². The lowest BCUT2D eigenvalue weighted by Crippen LogP contribution is -2.31. The van der Waals surface area contributed by atoms with Crippen LogP contribution in [0.25, 0.3) is 21.8 Å². The normalized spacial score (nSPS) is 16.8. The Balaban J connectivity index is 1.58. The van der Waals surface area contributed by atoms with E-state index in [1.54, 1.807) is 0 Å². The van der Waals surface area contributed by atoms with Crippen molar-refractivity contribution in [3.8, 4) is 0 Å². The summed E-state index contributed by atoms with van der Waals surface area (Å²) >= 11 is 0. The Morgan fingerprint density at radius 2 is 1.89 bits per heavy atom. The van der Waals surface area contributed by atoms with Crippen LogP contribution in [0.15, 0.2) is 60.8 Å². The topological polar surface area (TPSA) is 21.1 Å². The molecule has 0 amide bonds. The first-order chi connectivity index (χ1) is 13.8. The number of hydrogen-bond acceptors (Lipinski definition) is 2. The molecule has 0 spiro atoms. The van der Waals surface area contributed by atoms with Crippen LogP contribution in [0.1, 0.15) is 42.6 Å². The summed E-state index contributed by atoms with van der Waals surface area (Å²) in [6.45, 7) is 4.26. The van der Waals surface area contributed by atoms with Gasteiger partial charge in [-0.2, -0.15) is 0 Å². The highest BCUT2D eigenvalue weighted by molar-refractivity contribution is 6.08. The number of nitrogens with zero attached hydrogens (tertiary/aromatic N) is 3. The Morgan fingerprint density at radius 3 is 2.79 bits per heavy atom. The maximum atomic E-state index is 4.78. The molecule has 0 unspecified atom stereocenters. The summed E-state index contributed by atoms with van der Waals surface area (Å²) in [5.74, 6) is 0. The highest BCUT2D eigenvalue weighted by Crippen LogP contribution is 2.35. The van der Waals surface area contributed by atoms with E-state index >= 15 is 0 Å². The molecule has 0 bridgehead atoms. The molecular formula is C25H27N3. The molecule has 2 aromatic heterocycles. The maximum Gasteiger partial charge on any atom is 0.0607 e. The van der Waals surface area contributed by atoms with Gasteiger partial charge in [-0.15, -0.1) is 0 Å². The van der Waals surface area contributed by atoms with Crippen LogP contribution in [0, 0.1) is 0 Å². The molecule has 0 saturated carbocycles. The zero-order valence-electron chi connectivity index (χ0n) is 16.7. The van der Waals surface area contributed by atoms with Crippen molar-refractivity contribution < 1.29 is 0 Å². The number of aryl methyl sites for hydroxylation is 2. The van der Waals surface area contributed by atoms with E-state index in [9.17, 15) is 0 Å². The van der Waals surface area contributed by atoms with Gasteiger partial charge in [-0.1, -0.05) is 49.4 Å². The summed E-state index contributed by atoms with van der Waals surface area (Å²) in [7, 11) is 2.20. The van der Waals surface area contributed by atoms with Gasteiger partial charge in [0.05, 0.1) is 17.3 Å². The summed E-state index contributed by atoms with van der Waals surface area (Å²) in [6, 6.07) is 20.2. The van der Waals surface area contributed by atoms with Crippen LogP contribution in [0.3, 0.4) is 0 Å². The zero-order valence-corrected chi connectivity index (χ0v) is 16.7. The second kappa shape index (κ2) is 7.06. The van der Waals surface area contributed by atoms with Gasteiger partial charge in [-0.3, -0.25) is 9.88 Å². The lowest BCUT2D eigenvalue weighted by Gasteiger charge is -2.34. The Kier molecular flexibility index (Phi) is 4.40. The van der Waals surface area contributed by atoms with Crippen LogP contribution in [0.4, 0.5) is 0 Å². The van der Waals surface area contributed by atoms with Gasteiger partial charge in [-0.25, -0.2) is 0 Å². The largest absolute Gasteiger partial charge is 0.343 e. The van der Waals surface area contributed by atoms with Gasteiger partial charge in [0.15, 0.2) is 0 Å². The molecule has 1 aliphatic carbocycles. The van der Waals surface area contributed by atoms with E-state index in [1.165, 1.54) is 51.5 Å². The first-order valence-corrected chi connectivity index (χ1v) is 10.4. The predicted molar refractivity (Wildman–Crippen MR) is 116 cm³/mol. The fourth-order valence-electron chi connectivity index (χ4n) is 5.05. The van der Waals surface area contributed by atoms with E-state index in [1.807, 2.05) is 6.20 Å². The average molecular weight is 370 g/mol. The highest BCUT2D eigenvalue weighted by Gasteiger charge is 2.27. The molecule has 3 nitrogen and oxygen atoms in total. The van der Waals surface area contributed by atoms with Crippen LogP contribution in [-0.4, -0.2) is 21.0 Å². The number of para-hydroxylation sites is 2. The minimum atomic E-state index is 0.417. The van der Waals surface area contributed by atoms with Crippen LogP contribution in [0.5, 0.6) is 0 Å². The van der Waals surface area contributed by atoms with Crippen molar-refractivity contribution in [2.45, 2.75) is 38.8 Å². The van der Waals surface area contributed by atoms with Gasteiger partial charge in [0.2, 0.25) is 0 Å². The number of benzene rings is 2. The standard InChI is InChI=1S/C25H27N3/c1-3-28(23-15-7-9-18-11-8-16-26-24(18)23)17-19-10-6-13-21-20-12-4-5-14-22(20)27(2)25(19)21/h4-6,8,10-14,16,23H,3,7,9,15,17H2,1-2H3/t23-/m0/s1. The quantitative estimate of drug-likeness (QED) is 0.465. The van der Waals surface area contributed by atoms with E-state index in [4.69, 9.17) is 4.98 Å². The molecule has 28 heavy (non-hydrogen) atoms. The fraction of sp³-hybridized carbons (Fsp3) is 0.320. The Morgan fingerprint density at radius 1 is 1.04 bits per heavy atom. The lowest BCUT2D eigenvalue weighted by molar-refractivity contribution is 0.175. The summed E-state index contributed by atoms with van der Waals surface area (Å²) in [5.41, 5.74) is 6.79. The van der Waals surface area contributed by atoms with Crippen molar-refractivity contribution in [1.82, 2.24) is 14.5 Å². The third kappa shape index (κ3) is 2.73. The second-order valence-corrected chi connectivity index (χ2v) is 7.91. The molecule has 1 aliphatic rings. The van der Waals surface area contributed by atoms with Gasteiger partial charge in [0.25, 0.3) is 0 Å². The average Bonchev–Trinajstić information content (AvgIpc) is 3.05. The van der Waals surface area contributed by atoms with Crippen molar-refractivity contribution in [3.05, 3.63) is 77.6 Å². The molecule has 0 fully saturated rings. The van der Waals surface area contributed by atoms with Gasteiger partial charge < -0.3 is 4.57 Å². The molecular weight excluding hydrogens is 342 g/mol. The molecule has 1 atom stereocenters. The molecule has 4 aromatic rings. The fourth-order valence-corrected chi connectivity index (χ4v) is 5.05. The van der Waals surface area contributed by atoms with Crippen LogP contribution in [0.2, 0.25) is 0 Å². The van der Waals surface area contributed by atoms with Crippen molar-refractivity contribution >= 4 is 21.8 Å². The second-order valence-electron chi connectivity index (χ2n) is 7.91. The van der Waals surface area contributed by atoms with Crippen LogP contribution >= 0.6 is 0 Å². The van der Waals surface area contributed by atoms with E-state index < -0.39 is 0 Å². The summed E-state index contributed by atoms with van der Waals surface area (Å²) < 4.78 is 2.36. The number of pyridine rings is 1. The monoisotopic (exact) mass is 369 g/mol. The number of hydrogen-bond donors (Lipinski definition) is 0. The first-order valence-electron chi connectivity index (χ1n) is 10.4. The minimum absolute atomic E-state index is 0.417. The summed E-state index contributed by atoms with van der Waals surface area (Å²) in [4.78, 5) is 7.39. The molecule has 2 heterocycles. The number of rotatable bonds is 4. The predicted octanol–water partition coefficient (Wildman–Crippen LogP) is 5.63. The Labute approximate surface area is 166 Å². The van der Waals surface area contributed by atoms with Crippen LogP contribution < -0.4 is 0 Å².